The Labute approximate surface area is 103 Å². The van der Waals surface area contributed by atoms with E-state index in [1.165, 1.54) is 0 Å². The van der Waals surface area contributed by atoms with Crippen LogP contribution in [0.15, 0.2) is 10.9 Å². The topological polar surface area (TPSA) is 51.8 Å². The third-order valence-corrected chi connectivity index (χ3v) is 3.93. The van der Waals surface area contributed by atoms with Gasteiger partial charge in [-0.15, -0.1) is 22.7 Å². The largest absolute Gasteiger partial charge is 0.326 e. The van der Waals surface area contributed by atoms with Crippen molar-refractivity contribution in [2.45, 2.75) is 32.7 Å². The molecule has 0 aliphatic heterocycles. The molecule has 0 fully saturated rings. The van der Waals surface area contributed by atoms with E-state index < -0.39 is 0 Å². The second kappa shape index (κ2) is 4.24. The third kappa shape index (κ3) is 2.16. The lowest BCUT2D eigenvalue weighted by Crippen LogP contribution is -2.15. The van der Waals surface area contributed by atoms with Gasteiger partial charge in [-0.1, -0.05) is 20.8 Å². The van der Waals surface area contributed by atoms with Crippen LogP contribution in [-0.4, -0.2) is 9.97 Å². The molecule has 0 saturated carbocycles. The van der Waals surface area contributed by atoms with Crippen LogP contribution in [-0.2, 0) is 12.0 Å². The van der Waals surface area contributed by atoms with Crippen LogP contribution in [0.4, 0.5) is 0 Å². The monoisotopic (exact) mass is 253 g/mol. The Balaban J connectivity index is 2.48. The SMILES string of the molecule is CC(C)(C)c1nc(-c2cscn2)sc1CN. The van der Waals surface area contributed by atoms with Gasteiger partial charge < -0.3 is 5.73 Å². The van der Waals surface area contributed by atoms with Gasteiger partial charge in [-0.05, 0) is 0 Å². The first kappa shape index (κ1) is 11.7. The van der Waals surface area contributed by atoms with Crippen molar-refractivity contribution < 1.29 is 0 Å². The molecule has 0 atom stereocenters. The predicted octanol–water partition coefficient (Wildman–Crippen LogP) is 3.02. The number of aromatic nitrogens is 2. The zero-order valence-corrected chi connectivity index (χ0v) is 11.3. The summed E-state index contributed by atoms with van der Waals surface area (Å²) in [5, 5.41) is 3.00. The molecule has 2 aromatic rings. The minimum atomic E-state index is 0.0411. The van der Waals surface area contributed by atoms with Crippen LogP contribution in [0, 0.1) is 0 Å². The zero-order chi connectivity index (χ0) is 11.8. The van der Waals surface area contributed by atoms with E-state index in [9.17, 15) is 0 Å². The minimum Gasteiger partial charge on any atom is -0.326 e. The van der Waals surface area contributed by atoms with Crippen molar-refractivity contribution in [2.24, 2.45) is 5.73 Å². The number of hydrogen-bond acceptors (Lipinski definition) is 5. The van der Waals surface area contributed by atoms with Crippen molar-refractivity contribution in [3.05, 3.63) is 21.5 Å². The maximum Gasteiger partial charge on any atom is 0.143 e. The van der Waals surface area contributed by atoms with Gasteiger partial charge in [0.15, 0.2) is 0 Å². The molecule has 0 aromatic carbocycles. The number of nitrogens with zero attached hydrogens (tertiary/aromatic N) is 2. The summed E-state index contributed by atoms with van der Waals surface area (Å²) in [7, 11) is 0. The molecule has 0 aliphatic rings. The second-order valence-electron chi connectivity index (χ2n) is 4.62. The molecule has 0 aliphatic carbocycles. The summed E-state index contributed by atoms with van der Waals surface area (Å²) in [4.78, 5) is 10.1. The molecule has 0 bridgehead atoms. The van der Waals surface area contributed by atoms with E-state index in [0.717, 1.165) is 21.3 Å². The second-order valence-corrected chi connectivity index (χ2v) is 6.42. The molecular weight excluding hydrogens is 238 g/mol. The summed E-state index contributed by atoms with van der Waals surface area (Å²) in [5.74, 6) is 0. The summed E-state index contributed by atoms with van der Waals surface area (Å²) < 4.78 is 0. The highest BCUT2D eigenvalue weighted by Crippen LogP contribution is 2.33. The smallest absolute Gasteiger partial charge is 0.143 e. The molecule has 0 saturated heterocycles. The van der Waals surface area contributed by atoms with Gasteiger partial charge in [0.25, 0.3) is 0 Å². The average Bonchev–Trinajstić information content (AvgIpc) is 2.85. The molecule has 0 spiro atoms. The van der Waals surface area contributed by atoms with Crippen LogP contribution in [0.1, 0.15) is 31.3 Å². The molecule has 3 nitrogen and oxygen atoms in total. The fourth-order valence-electron chi connectivity index (χ4n) is 1.50. The molecule has 2 heterocycles. The van der Waals surface area contributed by atoms with Gasteiger partial charge in [0.05, 0.1) is 11.2 Å². The summed E-state index contributed by atoms with van der Waals surface area (Å²) >= 11 is 3.24. The Morgan fingerprint density at radius 3 is 2.56 bits per heavy atom. The van der Waals surface area contributed by atoms with Gasteiger partial charge in [0, 0.05) is 22.2 Å². The number of thiazole rings is 2. The quantitative estimate of drug-likeness (QED) is 0.895. The molecule has 2 N–H and O–H groups in total. The van der Waals surface area contributed by atoms with Gasteiger partial charge in [-0.2, -0.15) is 0 Å². The molecule has 0 amide bonds. The third-order valence-electron chi connectivity index (χ3n) is 2.24. The summed E-state index contributed by atoms with van der Waals surface area (Å²) in [6, 6.07) is 0. The molecule has 0 unspecified atom stereocenters. The van der Waals surface area contributed by atoms with Crippen molar-refractivity contribution in [3.63, 3.8) is 0 Å². The van der Waals surface area contributed by atoms with Crippen LogP contribution >= 0.6 is 22.7 Å². The van der Waals surface area contributed by atoms with Gasteiger partial charge in [0.1, 0.15) is 10.7 Å². The van der Waals surface area contributed by atoms with E-state index in [4.69, 9.17) is 5.73 Å². The number of rotatable bonds is 2. The standard InChI is InChI=1S/C11H15N3S2/c1-11(2,3)9-8(4-12)16-10(14-9)7-5-15-6-13-7/h5-6H,4,12H2,1-3H3. The maximum atomic E-state index is 5.77. The first-order valence-corrected chi connectivity index (χ1v) is 6.87. The summed E-state index contributed by atoms with van der Waals surface area (Å²) in [6.45, 7) is 7.03. The highest BCUT2D eigenvalue weighted by Gasteiger charge is 2.23. The zero-order valence-electron chi connectivity index (χ0n) is 9.65. The van der Waals surface area contributed by atoms with Crippen molar-refractivity contribution in [1.29, 1.82) is 0 Å². The van der Waals surface area contributed by atoms with E-state index in [1.54, 1.807) is 22.7 Å². The van der Waals surface area contributed by atoms with E-state index in [1.807, 2.05) is 10.9 Å². The van der Waals surface area contributed by atoms with E-state index in [-0.39, 0.29) is 5.41 Å². The molecular formula is C11H15N3S2. The van der Waals surface area contributed by atoms with Crippen molar-refractivity contribution >= 4 is 22.7 Å². The van der Waals surface area contributed by atoms with Gasteiger partial charge in [0.2, 0.25) is 0 Å². The highest BCUT2D eigenvalue weighted by molar-refractivity contribution is 7.15. The lowest BCUT2D eigenvalue weighted by Gasteiger charge is -2.16. The molecule has 5 heteroatoms. The maximum absolute atomic E-state index is 5.77. The Morgan fingerprint density at radius 2 is 2.12 bits per heavy atom. The van der Waals surface area contributed by atoms with Crippen LogP contribution in [0.2, 0.25) is 0 Å². The van der Waals surface area contributed by atoms with Crippen LogP contribution < -0.4 is 5.73 Å². The van der Waals surface area contributed by atoms with Crippen molar-refractivity contribution in [2.75, 3.05) is 0 Å². The molecule has 86 valence electrons. The van der Waals surface area contributed by atoms with Crippen molar-refractivity contribution in [1.82, 2.24) is 9.97 Å². The fourth-order valence-corrected chi connectivity index (χ4v) is 3.23. The van der Waals surface area contributed by atoms with E-state index in [0.29, 0.717) is 6.54 Å². The highest BCUT2D eigenvalue weighted by atomic mass is 32.1. The van der Waals surface area contributed by atoms with E-state index in [2.05, 4.69) is 30.7 Å². The van der Waals surface area contributed by atoms with Crippen molar-refractivity contribution in [3.8, 4) is 10.7 Å². The van der Waals surface area contributed by atoms with Crippen LogP contribution in [0.25, 0.3) is 10.7 Å². The lowest BCUT2D eigenvalue weighted by atomic mass is 9.91. The first-order chi connectivity index (χ1) is 7.52. The average molecular weight is 253 g/mol. The van der Waals surface area contributed by atoms with Crippen LogP contribution in [0.5, 0.6) is 0 Å². The minimum absolute atomic E-state index is 0.0411. The van der Waals surface area contributed by atoms with Gasteiger partial charge in [-0.3, -0.25) is 0 Å². The Morgan fingerprint density at radius 1 is 1.38 bits per heavy atom. The number of hydrogen-bond donors (Lipinski definition) is 1. The summed E-state index contributed by atoms with van der Waals surface area (Å²) in [5.41, 5.74) is 9.70. The molecule has 16 heavy (non-hydrogen) atoms. The Kier molecular flexibility index (Phi) is 3.10. The predicted molar refractivity (Wildman–Crippen MR) is 69.8 cm³/mol. The number of nitrogens with two attached hydrogens (primary N) is 1. The van der Waals surface area contributed by atoms with Crippen LogP contribution in [0.3, 0.4) is 0 Å². The van der Waals surface area contributed by atoms with Gasteiger partial charge >= 0.3 is 0 Å². The van der Waals surface area contributed by atoms with E-state index >= 15 is 0 Å². The Hall–Kier alpha value is -0.780. The van der Waals surface area contributed by atoms with Gasteiger partial charge in [-0.25, -0.2) is 9.97 Å². The normalized spacial score (nSPS) is 12.0. The molecule has 2 aromatic heterocycles. The first-order valence-electron chi connectivity index (χ1n) is 5.11. The lowest BCUT2D eigenvalue weighted by molar-refractivity contribution is 0.567. The summed E-state index contributed by atoms with van der Waals surface area (Å²) in [6.07, 6.45) is 0. The molecule has 2 rings (SSSR count). The fraction of sp³-hybridized carbons (Fsp3) is 0.455. The molecule has 0 radical (unpaired) electrons. The Bertz CT molecular complexity index is 466.